The fourth-order valence-electron chi connectivity index (χ4n) is 1.46. The van der Waals surface area contributed by atoms with E-state index in [1.807, 2.05) is 0 Å². The summed E-state index contributed by atoms with van der Waals surface area (Å²) in [5.74, 6) is -1.04. The molecule has 0 radical (unpaired) electrons. The average Bonchev–Trinajstić information content (AvgIpc) is 2.29. The van der Waals surface area contributed by atoms with Gasteiger partial charge in [0.25, 0.3) is 0 Å². The molecule has 1 aromatic rings. The van der Waals surface area contributed by atoms with Gasteiger partial charge in [0, 0.05) is 6.42 Å². The Labute approximate surface area is 111 Å². The van der Waals surface area contributed by atoms with Gasteiger partial charge >= 0.3 is 12.1 Å². The largest absolute Gasteiger partial charge is 0.508 e. The third-order valence-corrected chi connectivity index (χ3v) is 2.31. The van der Waals surface area contributed by atoms with Crippen molar-refractivity contribution in [2.45, 2.75) is 32.4 Å². The second kappa shape index (κ2) is 6.63. The van der Waals surface area contributed by atoms with Crippen LogP contribution in [0.2, 0.25) is 0 Å². The highest BCUT2D eigenvalue weighted by molar-refractivity contribution is 5.80. The number of aromatic hydroxyl groups is 1. The Balaban J connectivity index is 2.65. The van der Waals surface area contributed by atoms with Crippen molar-refractivity contribution in [1.29, 1.82) is 0 Å². The highest BCUT2D eigenvalue weighted by Gasteiger charge is 2.21. The molecule has 1 unspecified atom stereocenters. The molecule has 0 aliphatic rings. The highest BCUT2D eigenvalue weighted by Crippen LogP contribution is 2.11. The molecule has 0 bridgehead atoms. The number of alkyl carbamates (subject to hydrolysis) is 1. The van der Waals surface area contributed by atoms with Gasteiger partial charge < -0.3 is 20.3 Å². The van der Waals surface area contributed by atoms with Crippen molar-refractivity contribution in [2.75, 3.05) is 0 Å². The molecule has 0 heterocycles. The van der Waals surface area contributed by atoms with Crippen molar-refractivity contribution in [1.82, 2.24) is 5.32 Å². The number of amides is 1. The second-order valence-electron chi connectivity index (χ2n) is 4.36. The van der Waals surface area contributed by atoms with E-state index in [4.69, 9.17) is 14.9 Å². The molecule has 6 heteroatoms. The molecule has 104 valence electrons. The van der Waals surface area contributed by atoms with Crippen LogP contribution < -0.4 is 5.32 Å². The first-order valence-corrected chi connectivity index (χ1v) is 5.86. The average molecular weight is 267 g/mol. The Morgan fingerprint density at radius 3 is 2.32 bits per heavy atom. The molecule has 19 heavy (non-hydrogen) atoms. The molecule has 0 spiro atoms. The molecule has 0 fully saturated rings. The Morgan fingerprint density at radius 1 is 1.26 bits per heavy atom. The van der Waals surface area contributed by atoms with Gasteiger partial charge in [0.2, 0.25) is 0 Å². The van der Waals surface area contributed by atoms with E-state index in [1.54, 1.807) is 26.0 Å². The van der Waals surface area contributed by atoms with Gasteiger partial charge in [0.15, 0.2) is 0 Å². The molecule has 0 saturated heterocycles. The van der Waals surface area contributed by atoms with Gasteiger partial charge in [-0.1, -0.05) is 12.1 Å². The van der Waals surface area contributed by atoms with E-state index in [0.717, 1.165) is 0 Å². The number of phenolic OH excluding ortho intramolecular Hbond substituents is 1. The summed E-state index contributed by atoms with van der Waals surface area (Å²) in [5.41, 5.74) is 0.690. The summed E-state index contributed by atoms with van der Waals surface area (Å²) in [6, 6.07) is 5.04. The van der Waals surface area contributed by atoms with Crippen LogP contribution in [0.15, 0.2) is 24.3 Å². The van der Waals surface area contributed by atoms with Crippen LogP contribution >= 0.6 is 0 Å². The van der Waals surface area contributed by atoms with Crippen molar-refractivity contribution in [2.24, 2.45) is 0 Å². The summed E-state index contributed by atoms with van der Waals surface area (Å²) in [7, 11) is 0. The Hall–Kier alpha value is -2.24. The number of hydrogen-bond acceptors (Lipinski definition) is 4. The van der Waals surface area contributed by atoms with Crippen LogP contribution in [-0.2, 0) is 16.0 Å². The van der Waals surface area contributed by atoms with E-state index < -0.39 is 18.1 Å². The quantitative estimate of drug-likeness (QED) is 0.751. The molecule has 3 N–H and O–H groups in total. The fraction of sp³-hybridized carbons (Fsp3) is 0.385. The first kappa shape index (κ1) is 14.8. The second-order valence-corrected chi connectivity index (χ2v) is 4.36. The van der Waals surface area contributed by atoms with Crippen molar-refractivity contribution in [3.63, 3.8) is 0 Å². The zero-order valence-electron chi connectivity index (χ0n) is 10.8. The van der Waals surface area contributed by atoms with Gasteiger partial charge in [0.1, 0.15) is 11.8 Å². The summed E-state index contributed by atoms with van der Waals surface area (Å²) in [4.78, 5) is 22.4. The lowest BCUT2D eigenvalue weighted by atomic mass is 10.1. The lowest BCUT2D eigenvalue weighted by Crippen LogP contribution is -2.43. The number of aliphatic carboxylic acids is 1. The molecule has 0 saturated carbocycles. The topological polar surface area (TPSA) is 95.9 Å². The minimum Gasteiger partial charge on any atom is -0.508 e. The molecule has 0 aliphatic heterocycles. The van der Waals surface area contributed by atoms with Gasteiger partial charge in [0.05, 0.1) is 6.10 Å². The van der Waals surface area contributed by atoms with E-state index in [1.165, 1.54) is 12.1 Å². The van der Waals surface area contributed by atoms with Gasteiger partial charge in [-0.3, -0.25) is 0 Å². The number of ether oxygens (including phenoxy) is 1. The number of carbonyl (C=O) groups is 2. The van der Waals surface area contributed by atoms with E-state index in [0.29, 0.717) is 5.56 Å². The first-order chi connectivity index (χ1) is 8.88. The molecule has 1 rings (SSSR count). The maximum Gasteiger partial charge on any atom is 0.408 e. The van der Waals surface area contributed by atoms with Crippen LogP contribution in [0.1, 0.15) is 19.4 Å². The van der Waals surface area contributed by atoms with Crippen LogP contribution in [0, 0.1) is 0 Å². The number of carbonyl (C=O) groups excluding carboxylic acids is 1. The van der Waals surface area contributed by atoms with Crippen molar-refractivity contribution < 1.29 is 24.5 Å². The van der Waals surface area contributed by atoms with Gasteiger partial charge in [-0.2, -0.15) is 0 Å². The molecular formula is C13H17NO5. The van der Waals surface area contributed by atoms with Crippen LogP contribution in [-0.4, -0.2) is 34.4 Å². The van der Waals surface area contributed by atoms with Crippen molar-refractivity contribution in [3.8, 4) is 5.75 Å². The zero-order chi connectivity index (χ0) is 14.4. The van der Waals surface area contributed by atoms with Gasteiger partial charge in [-0.25, -0.2) is 9.59 Å². The number of carboxylic acids is 1. The Bertz CT molecular complexity index is 441. The number of benzene rings is 1. The number of hydrogen-bond donors (Lipinski definition) is 3. The smallest absolute Gasteiger partial charge is 0.408 e. The van der Waals surface area contributed by atoms with E-state index >= 15 is 0 Å². The third kappa shape index (κ3) is 5.29. The summed E-state index contributed by atoms with van der Waals surface area (Å²) in [6.07, 6.45) is -0.965. The maximum atomic E-state index is 11.4. The van der Waals surface area contributed by atoms with Crippen LogP contribution in [0.25, 0.3) is 0 Å². The maximum absolute atomic E-state index is 11.4. The van der Waals surface area contributed by atoms with Crippen LogP contribution in [0.5, 0.6) is 5.75 Å². The molecular weight excluding hydrogens is 250 g/mol. The Kier molecular flexibility index (Phi) is 5.17. The molecule has 6 nitrogen and oxygen atoms in total. The van der Waals surface area contributed by atoms with Gasteiger partial charge in [-0.05, 0) is 31.5 Å². The minimum absolute atomic E-state index is 0.0998. The molecule has 1 aromatic carbocycles. The Morgan fingerprint density at radius 2 is 1.84 bits per heavy atom. The minimum atomic E-state index is -1.14. The van der Waals surface area contributed by atoms with Gasteiger partial charge in [-0.15, -0.1) is 0 Å². The van der Waals surface area contributed by atoms with Crippen LogP contribution in [0.4, 0.5) is 4.79 Å². The number of nitrogens with one attached hydrogen (secondary N) is 1. The zero-order valence-corrected chi connectivity index (χ0v) is 10.8. The standard InChI is InChI=1S/C13H17NO5/c1-8(2)19-13(18)14-11(12(16)17)7-9-3-5-10(15)6-4-9/h3-6,8,11,15H,7H2,1-2H3,(H,14,18)(H,16,17). The number of carboxylic acid groups (broad SMARTS) is 1. The van der Waals surface area contributed by atoms with E-state index in [-0.39, 0.29) is 18.3 Å². The lowest BCUT2D eigenvalue weighted by Gasteiger charge is -2.16. The SMILES string of the molecule is CC(C)OC(=O)NC(Cc1ccc(O)cc1)C(=O)O. The van der Waals surface area contributed by atoms with Crippen molar-refractivity contribution in [3.05, 3.63) is 29.8 Å². The molecule has 1 atom stereocenters. The monoisotopic (exact) mass is 267 g/mol. The normalized spacial score (nSPS) is 11.9. The summed E-state index contributed by atoms with van der Waals surface area (Å²) < 4.78 is 4.83. The van der Waals surface area contributed by atoms with Crippen LogP contribution in [0.3, 0.4) is 0 Å². The number of rotatable bonds is 5. The first-order valence-electron chi connectivity index (χ1n) is 5.86. The summed E-state index contributed by atoms with van der Waals surface area (Å²) >= 11 is 0. The fourth-order valence-corrected chi connectivity index (χ4v) is 1.46. The lowest BCUT2D eigenvalue weighted by molar-refractivity contribution is -0.139. The molecule has 1 amide bonds. The summed E-state index contributed by atoms with van der Waals surface area (Å²) in [6.45, 7) is 3.35. The van der Waals surface area contributed by atoms with E-state index in [9.17, 15) is 9.59 Å². The molecule has 0 aromatic heterocycles. The predicted molar refractivity (Wildman–Crippen MR) is 68.0 cm³/mol. The number of phenols is 1. The highest BCUT2D eigenvalue weighted by atomic mass is 16.6. The predicted octanol–water partition coefficient (Wildman–Crippen LogP) is 1.52. The third-order valence-electron chi connectivity index (χ3n) is 2.31. The summed E-state index contributed by atoms with van der Waals surface area (Å²) in [5, 5.41) is 20.5. The van der Waals surface area contributed by atoms with Crippen molar-refractivity contribution >= 4 is 12.1 Å². The molecule has 0 aliphatic carbocycles. The van der Waals surface area contributed by atoms with E-state index in [2.05, 4.69) is 5.32 Å².